The molecule has 4 nitrogen and oxygen atoms in total. The summed E-state index contributed by atoms with van der Waals surface area (Å²) < 4.78 is 9.16. The summed E-state index contributed by atoms with van der Waals surface area (Å²) in [6.07, 6.45) is 0. The van der Waals surface area contributed by atoms with E-state index in [2.05, 4.69) is 33.4 Å². The number of para-hydroxylation sites is 1. The third-order valence-electron chi connectivity index (χ3n) is 5.55. The molecule has 0 aliphatic heterocycles. The maximum Gasteiger partial charge on any atom is 0.262 e. The second-order valence-corrected chi connectivity index (χ2v) is 8.34. The fourth-order valence-corrected chi connectivity index (χ4v) is 4.34. The van der Waals surface area contributed by atoms with Gasteiger partial charge in [-0.15, -0.1) is 0 Å². The minimum Gasteiger partial charge on any atom is -0.439 e. The highest BCUT2D eigenvalue weighted by molar-refractivity contribution is 9.10. The molecular formula is C26H21BrN2O2. The Morgan fingerprint density at radius 2 is 1.65 bits per heavy atom. The number of anilines is 1. The summed E-state index contributed by atoms with van der Waals surface area (Å²) in [5.41, 5.74) is 4.35. The average Bonchev–Trinajstić information content (AvgIpc) is 3.19. The number of nitrogens with zero attached hydrogens (tertiary/aromatic N) is 1. The number of aromatic nitrogens is 1. The standard InChI is InChI=1S/C26H21BrN2O2/c1-2-29-21-11-7-6-10-20(21)24-23(26(29)30)22(18-12-14-19(27)15-13-18)25(31-24)28-16-17-8-4-3-5-9-17/h3-15,28H,2,16H2,1H3. The molecule has 5 heteroatoms. The van der Waals surface area contributed by atoms with E-state index in [0.717, 1.165) is 32.1 Å². The van der Waals surface area contributed by atoms with E-state index in [1.807, 2.05) is 78.2 Å². The molecule has 0 saturated heterocycles. The van der Waals surface area contributed by atoms with Crippen molar-refractivity contribution in [3.05, 3.63) is 99.3 Å². The minimum absolute atomic E-state index is 0.0365. The Balaban J connectivity index is 1.79. The zero-order valence-corrected chi connectivity index (χ0v) is 18.6. The highest BCUT2D eigenvalue weighted by atomic mass is 79.9. The molecular weight excluding hydrogens is 452 g/mol. The normalized spacial score (nSPS) is 11.3. The monoisotopic (exact) mass is 472 g/mol. The van der Waals surface area contributed by atoms with E-state index < -0.39 is 0 Å². The number of furan rings is 1. The lowest BCUT2D eigenvalue weighted by Crippen LogP contribution is -2.19. The van der Waals surface area contributed by atoms with Crippen LogP contribution in [-0.2, 0) is 13.1 Å². The van der Waals surface area contributed by atoms with Gasteiger partial charge in [0, 0.05) is 22.9 Å². The Labute approximate surface area is 188 Å². The maximum atomic E-state index is 13.6. The lowest BCUT2D eigenvalue weighted by atomic mass is 10.0. The lowest BCUT2D eigenvalue weighted by Gasteiger charge is -2.09. The molecule has 1 N–H and O–H groups in total. The van der Waals surface area contributed by atoms with Gasteiger partial charge in [-0.2, -0.15) is 0 Å². The van der Waals surface area contributed by atoms with Crippen LogP contribution in [-0.4, -0.2) is 4.57 Å². The Hall–Kier alpha value is -3.31. The first-order valence-corrected chi connectivity index (χ1v) is 11.1. The van der Waals surface area contributed by atoms with Crippen LogP contribution in [0.2, 0.25) is 0 Å². The van der Waals surface area contributed by atoms with Crippen LogP contribution in [0.3, 0.4) is 0 Å². The maximum absolute atomic E-state index is 13.6. The summed E-state index contributed by atoms with van der Waals surface area (Å²) in [7, 11) is 0. The summed E-state index contributed by atoms with van der Waals surface area (Å²) in [6, 6.07) is 26.0. The molecule has 0 aliphatic rings. The van der Waals surface area contributed by atoms with E-state index in [-0.39, 0.29) is 5.56 Å². The van der Waals surface area contributed by atoms with Crippen molar-refractivity contribution in [1.29, 1.82) is 0 Å². The number of benzene rings is 3. The zero-order valence-electron chi connectivity index (χ0n) is 17.1. The van der Waals surface area contributed by atoms with Crippen molar-refractivity contribution in [1.82, 2.24) is 4.57 Å². The van der Waals surface area contributed by atoms with E-state index in [1.54, 1.807) is 0 Å². The molecule has 0 radical (unpaired) electrons. The third kappa shape index (κ3) is 3.45. The van der Waals surface area contributed by atoms with Gasteiger partial charge in [0.05, 0.1) is 16.5 Å². The van der Waals surface area contributed by atoms with Gasteiger partial charge in [-0.25, -0.2) is 0 Å². The first-order chi connectivity index (χ1) is 15.2. The van der Waals surface area contributed by atoms with Crippen LogP contribution in [0.4, 0.5) is 5.88 Å². The number of halogens is 1. The quantitative estimate of drug-likeness (QED) is 0.305. The number of fused-ring (bicyclic) bond motifs is 3. The first kappa shape index (κ1) is 19.6. The Bertz CT molecular complexity index is 1430. The molecule has 0 unspecified atom stereocenters. The van der Waals surface area contributed by atoms with E-state index in [0.29, 0.717) is 29.9 Å². The van der Waals surface area contributed by atoms with Crippen LogP contribution in [0, 0.1) is 0 Å². The van der Waals surface area contributed by atoms with Crippen LogP contribution in [0.15, 0.2) is 92.5 Å². The van der Waals surface area contributed by atoms with Crippen LogP contribution in [0.25, 0.3) is 33.0 Å². The topological polar surface area (TPSA) is 47.2 Å². The predicted molar refractivity (Wildman–Crippen MR) is 131 cm³/mol. The van der Waals surface area contributed by atoms with E-state index >= 15 is 0 Å². The molecule has 0 amide bonds. The van der Waals surface area contributed by atoms with Gasteiger partial charge in [0.2, 0.25) is 5.88 Å². The molecule has 0 spiro atoms. The zero-order chi connectivity index (χ0) is 21.4. The predicted octanol–water partition coefficient (Wildman–Crippen LogP) is 6.81. The average molecular weight is 473 g/mol. The molecule has 31 heavy (non-hydrogen) atoms. The summed E-state index contributed by atoms with van der Waals surface area (Å²) in [5, 5.41) is 4.98. The van der Waals surface area contributed by atoms with Gasteiger partial charge in [0.1, 0.15) is 0 Å². The van der Waals surface area contributed by atoms with Crippen molar-refractivity contribution in [2.45, 2.75) is 20.0 Å². The number of aryl methyl sites for hydroxylation is 1. The fourth-order valence-electron chi connectivity index (χ4n) is 4.08. The molecule has 0 bridgehead atoms. The van der Waals surface area contributed by atoms with Gasteiger partial charge >= 0.3 is 0 Å². The SMILES string of the molecule is CCn1c(=O)c2c(-c3ccc(Br)cc3)c(NCc3ccccc3)oc2c2ccccc21. The van der Waals surface area contributed by atoms with Crippen LogP contribution >= 0.6 is 15.9 Å². The highest BCUT2D eigenvalue weighted by Crippen LogP contribution is 2.40. The third-order valence-corrected chi connectivity index (χ3v) is 6.08. The van der Waals surface area contributed by atoms with Gasteiger partial charge in [0.25, 0.3) is 5.56 Å². The Kier molecular flexibility index (Phi) is 5.12. The summed E-state index contributed by atoms with van der Waals surface area (Å²) in [6.45, 7) is 3.19. The van der Waals surface area contributed by atoms with Gasteiger partial charge in [-0.05, 0) is 42.3 Å². The molecule has 0 fully saturated rings. The molecule has 2 aromatic heterocycles. The smallest absolute Gasteiger partial charge is 0.262 e. The summed E-state index contributed by atoms with van der Waals surface area (Å²) in [5.74, 6) is 0.609. The summed E-state index contributed by atoms with van der Waals surface area (Å²) in [4.78, 5) is 13.6. The van der Waals surface area contributed by atoms with E-state index in [9.17, 15) is 4.79 Å². The highest BCUT2D eigenvalue weighted by Gasteiger charge is 2.23. The molecule has 5 rings (SSSR count). The number of pyridine rings is 1. The van der Waals surface area contributed by atoms with Gasteiger partial charge in [0.15, 0.2) is 5.58 Å². The second-order valence-electron chi connectivity index (χ2n) is 7.42. The van der Waals surface area contributed by atoms with E-state index in [4.69, 9.17) is 4.42 Å². The van der Waals surface area contributed by atoms with Crippen molar-refractivity contribution in [3.63, 3.8) is 0 Å². The molecule has 0 atom stereocenters. The lowest BCUT2D eigenvalue weighted by molar-refractivity contribution is 0.629. The van der Waals surface area contributed by atoms with Gasteiger partial charge in [-0.3, -0.25) is 4.79 Å². The number of hydrogen-bond donors (Lipinski definition) is 1. The molecule has 5 aromatic rings. The Morgan fingerprint density at radius 3 is 2.39 bits per heavy atom. The number of rotatable bonds is 5. The molecule has 3 aromatic carbocycles. The van der Waals surface area contributed by atoms with Crippen molar-refractivity contribution in [2.24, 2.45) is 0 Å². The first-order valence-electron chi connectivity index (χ1n) is 10.3. The number of nitrogens with one attached hydrogen (secondary N) is 1. The second kappa shape index (κ2) is 8.08. The summed E-state index contributed by atoms with van der Waals surface area (Å²) >= 11 is 3.50. The Morgan fingerprint density at radius 1 is 0.935 bits per heavy atom. The molecule has 0 aliphatic carbocycles. The van der Waals surface area contributed by atoms with Crippen molar-refractivity contribution in [3.8, 4) is 11.1 Å². The van der Waals surface area contributed by atoms with E-state index in [1.165, 1.54) is 0 Å². The van der Waals surface area contributed by atoms with Crippen LogP contribution in [0.5, 0.6) is 0 Å². The van der Waals surface area contributed by atoms with Gasteiger partial charge < -0.3 is 14.3 Å². The van der Waals surface area contributed by atoms with Gasteiger partial charge in [-0.1, -0.05) is 70.5 Å². The molecule has 2 heterocycles. The van der Waals surface area contributed by atoms with Crippen molar-refractivity contribution < 1.29 is 4.42 Å². The largest absolute Gasteiger partial charge is 0.439 e. The fraction of sp³-hybridized carbons (Fsp3) is 0.115. The molecule has 154 valence electrons. The van der Waals surface area contributed by atoms with Crippen LogP contribution < -0.4 is 10.9 Å². The molecule has 0 saturated carbocycles. The van der Waals surface area contributed by atoms with Crippen molar-refractivity contribution >= 4 is 43.7 Å². The minimum atomic E-state index is -0.0365. The number of hydrogen-bond acceptors (Lipinski definition) is 3. The van der Waals surface area contributed by atoms with Crippen molar-refractivity contribution in [2.75, 3.05) is 5.32 Å². The van der Waals surface area contributed by atoms with Crippen LogP contribution in [0.1, 0.15) is 12.5 Å².